The summed E-state index contributed by atoms with van der Waals surface area (Å²) >= 11 is 1.87. The molecule has 0 saturated carbocycles. The van der Waals surface area contributed by atoms with Gasteiger partial charge in [0.1, 0.15) is 17.2 Å². The van der Waals surface area contributed by atoms with E-state index < -0.39 is 10.1 Å². The number of rotatable bonds is 4. The van der Waals surface area contributed by atoms with Gasteiger partial charge in [0.05, 0.1) is 10.3 Å². The van der Waals surface area contributed by atoms with E-state index in [1.807, 2.05) is 18.3 Å². The summed E-state index contributed by atoms with van der Waals surface area (Å²) in [6, 6.07) is 19.0. The van der Waals surface area contributed by atoms with Gasteiger partial charge in [0.15, 0.2) is 5.71 Å². The summed E-state index contributed by atoms with van der Waals surface area (Å²) in [5.41, 5.74) is 5.14. The van der Waals surface area contributed by atoms with Crippen LogP contribution in [0.3, 0.4) is 0 Å². The van der Waals surface area contributed by atoms with E-state index in [-0.39, 0.29) is 10.3 Å². The SMILES string of the molecule is C[N+]1=C(/C=C/C2CC=CC2c2cccs2)C(C)(C)c2ccccc21.Cc1ccc(S(=O)(=O)[O-])cc1. The second-order valence-corrected chi connectivity index (χ2v) is 11.9. The lowest BCUT2D eigenvalue weighted by Gasteiger charge is -2.17. The fraction of sp³-hybridized carbons (Fsp3) is 0.276. The van der Waals surface area contributed by atoms with Gasteiger partial charge in [-0.15, -0.1) is 11.3 Å². The van der Waals surface area contributed by atoms with Gasteiger partial charge in [0, 0.05) is 28.5 Å². The van der Waals surface area contributed by atoms with Crippen molar-refractivity contribution in [2.75, 3.05) is 7.05 Å². The Morgan fingerprint density at radius 2 is 1.77 bits per heavy atom. The van der Waals surface area contributed by atoms with Crippen molar-refractivity contribution in [2.24, 2.45) is 5.92 Å². The minimum absolute atomic E-state index is 0.0618. The van der Waals surface area contributed by atoms with Crippen LogP contribution in [0.2, 0.25) is 0 Å². The maximum absolute atomic E-state index is 10.4. The highest BCUT2D eigenvalue weighted by Crippen LogP contribution is 2.41. The van der Waals surface area contributed by atoms with E-state index in [4.69, 9.17) is 0 Å². The van der Waals surface area contributed by atoms with Crippen molar-refractivity contribution in [3.63, 3.8) is 0 Å². The summed E-state index contributed by atoms with van der Waals surface area (Å²) in [5, 5.41) is 2.18. The molecule has 0 radical (unpaired) electrons. The Morgan fingerprint density at radius 1 is 1.06 bits per heavy atom. The third kappa shape index (κ3) is 5.40. The third-order valence-electron chi connectivity index (χ3n) is 6.84. The number of thiophene rings is 1. The maximum atomic E-state index is 10.4. The second kappa shape index (κ2) is 10.1. The normalized spacial score (nSPS) is 20.7. The quantitative estimate of drug-likeness (QED) is 0.229. The molecular formula is C29H31NO3S2. The summed E-state index contributed by atoms with van der Waals surface area (Å²) in [7, 11) is -2.08. The summed E-state index contributed by atoms with van der Waals surface area (Å²) in [5.74, 6) is 1.11. The van der Waals surface area contributed by atoms with Crippen LogP contribution in [0.1, 0.15) is 42.2 Å². The highest BCUT2D eigenvalue weighted by atomic mass is 32.2. The minimum Gasteiger partial charge on any atom is -0.744 e. The lowest BCUT2D eigenvalue weighted by Crippen LogP contribution is -2.26. The van der Waals surface area contributed by atoms with E-state index in [1.54, 1.807) is 12.1 Å². The molecule has 182 valence electrons. The molecule has 0 N–H and O–H groups in total. The molecular weight excluding hydrogens is 474 g/mol. The van der Waals surface area contributed by atoms with E-state index in [0.29, 0.717) is 11.8 Å². The van der Waals surface area contributed by atoms with Crippen molar-refractivity contribution < 1.29 is 17.5 Å². The molecule has 2 aliphatic rings. The number of benzene rings is 2. The minimum atomic E-state index is -4.27. The topological polar surface area (TPSA) is 60.2 Å². The molecule has 0 bridgehead atoms. The molecule has 0 amide bonds. The van der Waals surface area contributed by atoms with Gasteiger partial charge in [0.2, 0.25) is 5.69 Å². The van der Waals surface area contributed by atoms with Crippen LogP contribution in [0, 0.1) is 12.8 Å². The molecule has 1 aliphatic carbocycles. The Kier molecular flexibility index (Phi) is 7.27. The Morgan fingerprint density at radius 3 is 2.40 bits per heavy atom. The van der Waals surface area contributed by atoms with Crippen LogP contribution < -0.4 is 0 Å². The fourth-order valence-electron chi connectivity index (χ4n) is 4.88. The van der Waals surface area contributed by atoms with Crippen molar-refractivity contribution in [3.05, 3.63) is 106 Å². The van der Waals surface area contributed by atoms with Crippen molar-refractivity contribution in [1.82, 2.24) is 0 Å². The predicted octanol–water partition coefficient (Wildman–Crippen LogP) is 6.57. The van der Waals surface area contributed by atoms with Gasteiger partial charge in [-0.1, -0.05) is 60.2 Å². The lowest BCUT2D eigenvalue weighted by molar-refractivity contribution is -0.401. The van der Waals surface area contributed by atoms with Gasteiger partial charge >= 0.3 is 0 Å². The first-order valence-electron chi connectivity index (χ1n) is 11.7. The Balaban J connectivity index is 0.000000221. The molecule has 4 nitrogen and oxygen atoms in total. The molecule has 1 aromatic heterocycles. The summed E-state index contributed by atoms with van der Waals surface area (Å²) in [6.45, 7) is 6.48. The number of hydrogen-bond acceptors (Lipinski definition) is 4. The van der Waals surface area contributed by atoms with Gasteiger partial charge in [-0.2, -0.15) is 4.58 Å². The van der Waals surface area contributed by atoms with Gasteiger partial charge in [0.25, 0.3) is 0 Å². The van der Waals surface area contributed by atoms with E-state index in [9.17, 15) is 13.0 Å². The van der Waals surface area contributed by atoms with Crippen molar-refractivity contribution >= 4 is 32.9 Å². The molecule has 2 heterocycles. The van der Waals surface area contributed by atoms with E-state index >= 15 is 0 Å². The number of aryl methyl sites for hydroxylation is 1. The summed E-state index contributed by atoms with van der Waals surface area (Å²) in [4.78, 5) is 1.30. The zero-order valence-electron chi connectivity index (χ0n) is 20.5. The van der Waals surface area contributed by atoms with Crippen molar-refractivity contribution in [1.29, 1.82) is 0 Å². The third-order valence-corrected chi connectivity index (χ3v) is 8.66. The van der Waals surface area contributed by atoms with Gasteiger partial charge in [-0.3, -0.25) is 0 Å². The molecule has 0 fully saturated rings. The fourth-order valence-corrected chi connectivity index (χ4v) is 6.23. The van der Waals surface area contributed by atoms with Crippen LogP contribution >= 0.6 is 11.3 Å². The first-order valence-corrected chi connectivity index (χ1v) is 14.0. The highest BCUT2D eigenvalue weighted by Gasteiger charge is 2.42. The lowest BCUT2D eigenvalue weighted by atomic mass is 9.81. The Labute approximate surface area is 212 Å². The van der Waals surface area contributed by atoms with Crippen molar-refractivity contribution in [3.8, 4) is 0 Å². The first kappa shape index (κ1) is 25.3. The number of fused-ring (bicyclic) bond motifs is 1. The smallest absolute Gasteiger partial charge is 0.209 e. The molecule has 2 unspecified atom stereocenters. The first-order chi connectivity index (χ1) is 16.6. The molecule has 35 heavy (non-hydrogen) atoms. The van der Waals surface area contributed by atoms with Crippen LogP contribution in [0.15, 0.2) is 95.2 Å². The van der Waals surface area contributed by atoms with E-state index in [1.165, 1.54) is 34.0 Å². The highest BCUT2D eigenvalue weighted by molar-refractivity contribution is 7.85. The van der Waals surface area contributed by atoms with Crippen LogP contribution in [0.4, 0.5) is 5.69 Å². The van der Waals surface area contributed by atoms with Crippen LogP contribution in [-0.4, -0.2) is 30.3 Å². The average Bonchev–Trinajstić information content (AvgIpc) is 3.54. The average molecular weight is 506 g/mol. The molecule has 2 aromatic carbocycles. The Hall–Kier alpha value is -2.80. The Bertz CT molecular complexity index is 1380. The largest absolute Gasteiger partial charge is 0.744 e. The standard InChI is InChI=1S/C22H24NS.C7H8O3S/c1-22(2)18-10-4-5-11-19(18)23(3)21(22)14-13-16-8-6-9-17(16)20-12-7-15-24-20;1-6-2-4-7(5-3-6)11(8,9)10/h4-7,9-17H,8H2,1-3H3;2-5H,1H3,(H,8,9,10)/q+1;/p-1/b14-13+;. The number of para-hydroxylation sites is 1. The number of hydrogen-bond donors (Lipinski definition) is 0. The summed E-state index contributed by atoms with van der Waals surface area (Å²) in [6.07, 6.45) is 10.7. The molecule has 5 rings (SSSR count). The zero-order chi connectivity index (χ0) is 25.2. The number of allylic oxidation sites excluding steroid dienone is 4. The second-order valence-electron chi connectivity index (χ2n) is 9.58. The van der Waals surface area contributed by atoms with Gasteiger partial charge in [-0.25, -0.2) is 8.42 Å². The number of nitrogens with zero attached hydrogens (tertiary/aromatic N) is 1. The van der Waals surface area contributed by atoms with E-state index in [0.717, 1.165) is 12.0 Å². The van der Waals surface area contributed by atoms with Crippen LogP contribution in [-0.2, 0) is 15.5 Å². The van der Waals surface area contributed by atoms with E-state index in [2.05, 4.69) is 91.6 Å². The molecule has 3 aromatic rings. The predicted molar refractivity (Wildman–Crippen MR) is 143 cm³/mol. The molecule has 6 heteroatoms. The maximum Gasteiger partial charge on any atom is 0.209 e. The molecule has 2 atom stereocenters. The summed E-state index contributed by atoms with van der Waals surface area (Å²) < 4.78 is 33.5. The molecule has 0 saturated heterocycles. The zero-order valence-corrected chi connectivity index (χ0v) is 22.1. The molecule has 1 aliphatic heterocycles. The van der Waals surface area contributed by atoms with Gasteiger partial charge in [-0.05, 0) is 56.7 Å². The molecule has 0 spiro atoms. The van der Waals surface area contributed by atoms with Crippen LogP contribution in [0.25, 0.3) is 0 Å². The van der Waals surface area contributed by atoms with Crippen molar-refractivity contribution in [2.45, 2.75) is 43.4 Å². The van der Waals surface area contributed by atoms with Gasteiger partial charge < -0.3 is 4.55 Å². The van der Waals surface area contributed by atoms with Crippen LogP contribution in [0.5, 0.6) is 0 Å². The monoisotopic (exact) mass is 505 g/mol.